The molecule has 0 amide bonds. The molecule has 1 saturated heterocycles. The zero-order chi connectivity index (χ0) is 7.90. The van der Waals surface area contributed by atoms with E-state index in [1.165, 1.54) is 12.8 Å². The van der Waals surface area contributed by atoms with Gasteiger partial charge < -0.3 is 9.84 Å². The Bertz CT molecular complexity index is 144. The first-order valence-electron chi connectivity index (χ1n) is 4.51. The first-order valence-corrected chi connectivity index (χ1v) is 4.51. The summed E-state index contributed by atoms with van der Waals surface area (Å²) in [6.45, 7) is 3.58. The normalized spacial score (nSPS) is 37.1. The molecule has 2 heteroatoms. The van der Waals surface area contributed by atoms with Crippen molar-refractivity contribution in [2.24, 2.45) is 11.8 Å². The Hall–Kier alpha value is -0.0800. The van der Waals surface area contributed by atoms with E-state index in [2.05, 4.69) is 0 Å². The maximum absolute atomic E-state index is 10.1. The third-order valence-electron chi connectivity index (χ3n) is 3.16. The van der Waals surface area contributed by atoms with Crippen molar-refractivity contribution in [3.63, 3.8) is 0 Å². The minimum Gasteiger partial charge on any atom is -0.390 e. The average molecular weight is 156 g/mol. The zero-order valence-corrected chi connectivity index (χ0v) is 7.05. The number of ether oxygens (including phenoxy) is 1. The van der Waals surface area contributed by atoms with Crippen molar-refractivity contribution in [1.29, 1.82) is 0 Å². The molecule has 2 aliphatic rings. The number of aliphatic hydroxyl groups is 1. The minimum absolute atomic E-state index is 0.398. The van der Waals surface area contributed by atoms with Gasteiger partial charge in [-0.3, -0.25) is 0 Å². The second-order valence-electron chi connectivity index (χ2n) is 4.06. The SMILES string of the molecule is C[C@](O)(C1CC1)[C@H]1CCOC1. The van der Waals surface area contributed by atoms with Crippen LogP contribution in [0.3, 0.4) is 0 Å². The molecule has 64 valence electrons. The smallest absolute Gasteiger partial charge is 0.0698 e. The predicted octanol–water partition coefficient (Wildman–Crippen LogP) is 1.18. The van der Waals surface area contributed by atoms with Crippen LogP contribution in [-0.2, 0) is 4.74 Å². The Kier molecular flexibility index (Phi) is 1.69. The Morgan fingerprint density at radius 2 is 2.00 bits per heavy atom. The summed E-state index contributed by atoms with van der Waals surface area (Å²) < 4.78 is 5.26. The molecule has 0 spiro atoms. The topological polar surface area (TPSA) is 29.5 Å². The number of hydrogen-bond acceptors (Lipinski definition) is 2. The van der Waals surface area contributed by atoms with E-state index in [9.17, 15) is 5.11 Å². The van der Waals surface area contributed by atoms with Crippen molar-refractivity contribution in [2.75, 3.05) is 13.2 Å². The van der Waals surface area contributed by atoms with Gasteiger partial charge in [-0.15, -0.1) is 0 Å². The van der Waals surface area contributed by atoms with E-state index in [0.29, 0.717) is 11.8 Å². The van der Waals surface area contributed by atoms with Crippen LogP contribution in [0.2, 0.25) is 0 Å². The van der Waals surface area contributed by atoms with Gasteiger partial charge in [0, 0.05) is 12.5 Å². The maximum Gasteiger partial charge on any atom is 0.0698 e. The van der Waals surface area contributed by atoms with Crippen molar-refractivity contribution in [3.8, 4) is 0 Å². The fourth-order valence-electron chi connectivity index (χ4n) is 2.00. The molecule has 0 aromatic carbocycles. The van der Waals surface area contributed by atoms with Gasteiger partial charge in [-0.05, 0) is 32.1 Å². The Morgan fingerprint density at radius 1 is 1.27 bits per heavy atom. The quantitative estimate of drug-likeness (QED) is 0.650. The molecule has 2 fully saturated rings. The van der Waals surface area contributed by atoms with E-state index in [-0.39, 0.29) is 0 Å². The van der Waals surface area contributed by atoms with Crippen molar-refractivity contribution in [3.05, 3.63) is 0 Å². The largest absolute Gasteiger partial charge is 0.390 e. The fraction of sp³-hybridized carbons (Fsp3) is 1.00. The lowest BCUT2D eigenvalue weighted by atomic mass is 9.84. The van der Waals surface area contributed by atoms with Crippen LogP contribution in [0.4, 0.5) is 0 Å². The molecule has 2 atom stereocenters. The van der Waals surface area contributed by atoms with Gasteiger partial charge in [-0.25, -0.2) is 0 Å². The second-order valence-corrected chi connectivity index (χ2v) is 4.06. The van der Waals surface area contributed by atoms with Crippen LogP contribution in [0.5, 0.6) is 0 Å². The third-order valence-corrected chi connectivity index (χ3v) is 3.16. The average Bonchev–Trinajstić information content (AvgIpc) is 2.66. The summed E-state index contributed by atoms with van der Waals surface area (Å²) in [6, 6.07) is 0. The van der Waals surface area contributed by atoms with E-state index in [1.54, 1.807) is 0 Å². The van der Waals surface area contributed by atoms with Crippen molar-refractivity contribution in [2.45, 2.75) is 31.8 Å². The van der Waals surface area contributed by atoms with Crippen LogP contribution in [-0.4, -0.2) is 23.9 Å². The van der Waals surface area contributed by atoms with Crippen molar-refractivity contribution < 1.29 is 9.84 Å². The fourth-order valence-corrected chi connectivity index (χ4v) is 2.00. The Morgan fingerprint density at radius 3 is 2.45 bits per heavy atom. The molecule has 2 rings (SSSR count). The third kappa shape index (κ3) is 1.30. The van der Waals surface area contributed by atoms with Crippen LogP contribution in [0.25, 0.3) is 0 Å². The highest BCUT2D eigenvalue weighted by Gasteiger charge is 2.46. The standard InChI is InChI=1S/C9H16O2/c1-9(10,7-2-3-7)8-4-5-11-6-8/h7-8,10H,2-6H2,1H3/t8-,9-/m0/s1. The van der Waals surface area contributed by atoms with Gasteiger partial charge >= 0.3 is 0 Å². The van der Waals surface area contributed by atoms with E-state index in [1.807, 2.05) is 6.92 Å². The highest BCUT2D eigenvalue weighted by atomic mass is 16.5. The van der Waals surface area contributed by atoms with Gasteiger partial charge in [0.2, 0.25) is 0 Å². The van der Waals surface area contributed by atoms with Crippen LogP contribution in [0, 0.1) is 11.8 Å². The highest BCUT2D eigenvalue weighted by Crippen LogP contribution is 2.45. The van der Waals surface area contributed by atoms with E-state index in [4.69, 9.17) is 4.74 Å². The van der Waals surface area contributed by atoms with Gasteiger partial charge in [-0.2, -0.15) is 0 Å². The van der Waals surface area contributed by atoms with Crippen molar-refractivity contribution >= 4 is 0 Å². The lowest BCUT2D eigenvalue weighted by Gasteiger charge is -2.28. The summed E-state index contributed by atoms with van der Waals surface area (Å²) in [5, 5.41) is 10.1. The lowest BCUT2D eigenvalue weighted by molar-refractivity contribution is -0.0246. The van der Waals surface area contributed by atoms with Crippen LogP contribution >= 0.6 is 0 Å². The molecule has 2 nitrogen and oxygen atoms in total. The molecule has 1 aliphatic heterocycles. The minimum atomic E-state index is -0.434. The summed E-state index contributed by atoms with van der Waals surface area (Å²) >= 11 is 0. The van der Waals surface area contributed by atoms with Crippen molar-refractivity contribution in [1.82, 2.24) is 0 Å². The second kappa shape index (κ2) is 2.46. The molecule has 0 aromatic heterocycles. The molecule has 0 bridgehead atoms. The van der Waals surface area contributed by atoms with Crippen LogP contribution in [0.1, 0.15) is 26.2 Å². The van der Waals surface area contributed by atoms with Gasteiger partial charge in [0.1, 0.15) is 0 Å². The molecule has 0 radical (unpaired) electrons. The molecular formula is C9H16O2. The summed E-state index contributed by atoms with van der Waals surface area (Å²) in [6.07, 6.45) is 3.47. The zero-order valence-electron chi connectivity index (χ0n) is 7.05. The Balaban J connectivity index is 1.99. The number of rotatable bonds is 2. The maximum atomic E-state index is 10.1. The first kappa shape index (κ1) is 7.56. The monoisotopic (exact) mass is 156 g/mol. The Labute approximate surface area is 67.6 Å². The summed E-state index contributed by atoms with van der Waals surface area (Å²) in [7, 11) is 0. The summed E-state index contributed by atoms with van der Waals surface area (Å²) in [5.41, 5.74) is -0.434. The van der Waals surface area contributed by atoms with E-state index in [0.717, 1.165) is 19.6 Å². The van der Waals surface area contributed by atoms with Gasteiger partial charge in [0.15, 0.2) is 0 Å². The molecule has 1 heterocycles. The molecule has 0 unspecified atom stereocenters. The molecule has 1 saturated carbocycles. The van der Waals surface area contributed by atoms with Gasteiger partial charge in [-0.1, -0.05) is 0 Å². The highest BCUT2D eigenvalue weighted by molar-refractivity contribution is 4.96. The van der Waals surface area contributed by atoms with Crippen LogP contribution < -0.4 is 0 Å². The van der Waals surface area contributed by atoms with E-state index >= 15 is 0 Å². The van der Waals surface area contributed by atoms with Gasteiger partial charge in [0.25, 0.3) is 0 Å². The molecular weight excluding hydrogens is 140 g/mol. The lowest BCUT2D eigenvalue weighted by Crippen LogP contribution is -2.37. The van der Waals surface area contributed by atoms with Gasteiger partial charge in [0.05, 0.1) is 12.2 Å². The molecule has 0 aromatic rings. The summed E-state index contributed by atoms with van der Waals surface area (Å²) in [4.78, 5) is 0. The number of hydrogen-bond donors (Lipinski definition) is 1. The molecule has 11 heavy (non-hydrogen) atoms. The predicted molar refractivity (Wildman–Crippen MR) is 42.3 cm³/mol. The molecule has 1 N–H and O–H groups in total. The van der Waals surface area contributed by atoms with Crippen LogP contribution in [0.15, 0.2) is 0 Å². The molecule has 1 aliphatic carbocycles. The summed E-state index contributed by atoms with van der Waals surface area (Å²) in [5.74, 6) is 0.962. The van der Waals surface area contributed by atoms with E-state index < -0.39 is 5.60 Å². The first-order chi connectivity index (χ1) is 5.21.